The molecule has 0 aromatic heterocycles. The van der Waals surface area contributed by atoms with E-state index in [9.17, 15) is 29.6 Å². The average molecular weight is 381 g/mol. The van der Waals surface area contributed by atoms with E-state index in [1.54, 1.807) is 6.92 Å². The van der Waals surface area contributed by atoms with E-state index in [0.29, 0.717) is 19.4 Å². The summed E-state index contributed by atoms with van der Waals surface area (Å²) >= 11 is 0.977. The molecule has 1 aromatic carbocycles. The summed E-state index contributed by atoms with van der Waals surface area (Å²) in [5, 5.41) is 20.4. The van der Waals surface area contributed by atoms with Gasteiger partial charge in [0.05, 0.1) is 21.5 Å². The van der Waals surface area contributed by atoms with Crippen LogP contribution in [0.5, 0.6) is 0 Å². The number of nitro benzene ring substituents is 1. The van der Waals surface area contributed by atoms with Crippen molar-refractivity contribution in [3.05, 3.63) is 33.9 Å². The van der Waals surface area contributed by atoms with Crippen LogP contribution in [0.2, 0.25) is 0 Å². The summed E-state index contributed by atoms with van der Waals surface area (Å²) in [5.74, 6) is -2.65. The van der Waals surface area contributed by atoms with E-state index in [2.05, 4.69) is 0 Å². The number of rotatable bonds is 6. The van der Waals surface area contributed by atoms with Gasteiger partial charge in [0, 0.05) is 24.2 Å². The van der Waals surface area contributed by atoms with Crippen molar-refractivity contribution < 1.29 is 24.4 Å². The number of amides is 2. The molecule has 2 atom stereocenters. The molecule has 9 nitrogen and oxygen atoms in total. The molecule has 1 fully saturated rings. The number of carbonyl (C=O) groups excluding carboxylic acids is 2. The molecule has 10 heteroatoms. The highest BCUT2D eigenvalue weighted by molar-refractivity contribution is 8.00. The zero-order valence-electron chi connectivity index (χ0n) is 14.1. The van der Waals surface area contributed by atoms with Gasteiger partial charge in [-0.1, -0.05) is 0 Å². The van der Waals surface area contributed by atoms with Crippen LogP contribution in [0, 0.1) is 16.0 Å². The van der Waals surface area contributed by atoms with Crippen molar-refractivity contribution >= 4 is 35.2 Å². The highest BCUT2D eigenvalue weighted by Gasteiger charge is 2.35. The molecular weight excluding hydrogens is 362 g/mol. The Morgan fingerprint density at radius 2 is 2.12 bits per heavy atom. The quantitative estimate of drug-likeness (QED) is 0.431. The van der Waals surface area contributed by atoms with Crippen molar-refractivity contribution in [3.63, 3.8) is 0 Å². The number of benzene rings is 1. The summed E-state index contributed by atoms with van der Waals surface area (Å²) in [7, 11) is 0. The maximum Gasteiger partial charge on any atom is 0.308 e. The molecule has 0 bridgehead atoms. The first kappa shape index (κ1) is 19.7. The third-order valence-corrected chi connectivity index (χ3v) is 5.46. The lowest BCUT2D eigenvalue weighted by molar-refractivity contribution is -0.387. The van der Waals surface area contributed by atoms with Gasteiger partial charge in [0.1, 0.15) is 0 Å². The molecule has 0 radical (unpaired) electrons. The average Bonchev–Trinajstić information content (AvgIpc) is 2.59. The Morgan fingerprint density at radius 3 is 2.69 bits per heavy atom. The van der Waals surface area contributed by atoms with Gasteiger partial charge in [0.2, 0.25) is 11.8 Å². The minimum absolute atomic E-state index is 0.0151. The molecule has 0 aliphatic carbocycles. The van der Waals surface area contributed by atoms with E-state index in [0.717, 1.165) is 17.8 Å². The Balaban J connectivity index is 2.10. The maximum atomic E-state index is 12.5. The number of hydrogen-bond acceptors (Lipinski definition) is 6. The van der Waals surface area contributed by atoms with Crippen LogP contribution in [0.25, 0.3) is 0 Å². The van der Waals surface area contributed by atoms with Crippen molar-refractivity contribution in [1.82, 2.24) is 4.90 Å². The Hall–Kier alpha value is -2.62. The van der Waals surface area contributed by atoms with Gasteiger partial charge >= 0.3 is 5.97 Å². The zero-order valence-corrected chi connectivity index (χ0v) is 14.9. The van der Waals surface area contributed by atoms with Crippen LogP contribution in [-0.2, 0) is 9.59 Å². The van der Waals surface area contributed by atoms with Crippen molar-refractivity contribution in [2.45, 2.75) is 30.7 Å². The van der Waals surface area contributed by atoms with Crippen LogP contribution in [0.3, 0.4) is 0 Å². The van der Waals surface area contributed by atoms with Gasteiger partial charge in [-0.2, -0.15) is 0 Å². The number of thioether (sulfide) groups is 1. The summed E-state index contributed by atoms with van der Waals surface area (Å²) in [4.78, 5) is 47.2. The smallest absolute Gasteiger partial charge is 0.308 e. The standard InChI is InChI=1S/C16H19N3O6S/c1-9-11(16(22)23)3-2-6-18(9)14(20)8-26-13-5-4-10(15(17)21)7-12(13)19(24)25/h4-5,7,9,11H,2-3,6,8H2,1H3,(H2,17,21)(H,22,23)/t9-,11-/m1/s1. The van der Waals surface area contributed by atoms with E-state index in [-0.39, 0.29) is 27.8 Å². The second-order valence-corrected chi connectivity index (χ2v) is 7.02. The van der Waals surface area contributed by atoms with Crippen LogP contribution in [-0.4, -0.2) is 51.1 Å². The first-order chi connectivity index (χ1) is 12.2. The number of hydrogen-bond donors (Lipinski definition) is 2. The van der Waals surface area contributed by atoms with E-state index >= 15 is 0 Å². The molecule has 3 N–H and O–H groups in total. The SMILES string of the molecule is C[C@@H]1[C@H](C(=O)O)CCCN1C(=O)CSc1ccc(C(N)=O)cc1[N+](=O)[O-]. The summed E-state index contributed by atoms with van der Waals surface area (Å²) < 4.78 is 0. The molecule has 1 aromatic rings. The van der Waals surface area contributed by atoms with Gasteiger partial charge < -0.3 is 15.7 Å². The lowest BCUT2D eigenvalue weighted by Gasteiger charge is -2.37. The summed E-state index contributed by atoms with van der Waals surface area (Å²) in [6, 6.07) is 3.41. The van der Waals surface area contributed by atoms with Crippen LogP contribution >= 0.6 is 11.8 Å². The molecule has 0 saturated carbocycles. The minimum atomic E-state index is -0.930. The van der Waals surface area contributed by atoms with Crippen molar-refractivity contribution in [1.29, 1.82) is 0 Å². The van der Waals surface area contributed by atoms with Gasteiger partial charge in [0.15, 0.2) is 0 Å². The number of likely N-dealkylation sites (tertiary alicyclic amines) is 1. The van der Waals surface area contributed by atoms with Gasteiger partial charge in [-0.3, -0.25) is 24.5 Å². The Bertz CT molecular complexity index is 754. The number of nitrogens with zero attached hydrogens (tertiary/aromatic N) is 2. The van der Waals surface area contributed by atoms with Crippen LogP contribution < -0.4 is 5.73 Å². The fraction of sp³-hybridized carbons (Fsp3) is 0.438. The van der Waals surface area contributed by atoms with E-state index in [1.165, 1.54) is 17.0 Å². The largest absolute Gasteiger partial charge is 0.481 e. The number of aliphatic carboxylic acids is 1. The lowest BCUT2D eigenvalue weighted by Crippen LogP contribution is -2.49. The predicted molar refractivity (Wildman–Crippen MR) is 93.9 cm³/mol. The third kappa shape index (κ3) is 4.31. The maximum absolute atomic E-state index is 12.5. The molecule has 1 aliphatic heterocycles. The number of piperidine rings is 1. The van der Waals surface area contributed by atoms with Gasteiger partial charge in [-0.05, 0) is 31.9 Å². The van der Waals surface area contributed by atoms with Crippen molar-refractivity contribution in [2.24, 2.45) is 11.7 Å². The number of carbonyl (C=O) groups is 3. The van der Waals surface area contributed by atoms with Gasteiger partial charge in [0.25, 0.3) is 5.69 Å². The fourth-order valence-corrected chi connectivity index (χ4v) is 3.87. The second kappa shape index (κ2) is 8.17. The minimum Gasteiger partial charge on any atom is -0.481 e. The number of nitrogens with two attached hydrogens (primary N) is 1. The van der Waals surface area contributed by atoms with Gasteiger partial charge in [-0.15, -0.1) is 11.8 Å². The topological polar surface area (TPSA) is 144 Å². The molecule has 1 heterocycles. The van der Waals surface area contributed by atoms with Crippen molar-refractivity contribution in [3.8, 4) is 0 Å². The van der Waals surface area contributed by atoms with Crippen molar-refractivity contribution in [2.75, 3.05) is 12.3 Å². The fourth-order valence-electron chi connectivity index (χ4n) is 2.98. The summed E-state index contributed by atoms with van der Waals surface area (Å²) in [6.45, 7) is 2.16. The zero-order chi connectivity index (χ0) is 19.4. The number of carboxylic acids is 1. The van der Waals surface area contributed by atoms with Crippen LogP contribution in [0.15, 0.2) is 23.1 Å². The molecule has 1 saturated heterocycles. The predicted octanol–water partition coefficient (Wildman–Crippen LogP) is 1.50. The second-order valence-electron chi connectivity index (χ2n) is 6.01. The molecule has 0 unspecified atom stereocenters. The lowest BCUT2D eigenvalue weighted by atomic mass is 9.90. The normalized spacial score (nSPS) is 19.8. The van der Waals surface area contributed by atoms with Crippen LogP contribution in [0.1, 0.15) is 30.1 Å². The molecule has 26 heavy (non-hydrogen) atoms. The van der Waals surface area contributed by atoms with Crippen LogP contribution in [0.4, 0.5) is 5.69 Å². The first-order valence-electron chi connectivity index (χ1n) is 7.95. The molecule has 0 spiro atoms. The number of nitro groups is 1. The summed E-state index contributed by atoms with van der Waals surface area (Å²) in [5.41, 5.74) is 4.85. The first-order valence-corrected chi connectivity index (χ1v) is 8.94. The molecule has 1 aliphatic rings. The Kier molecular flexibility index (Phi) is 6.19. The number of primary amides is 1. The summed E-state index contributed by atoms with van der Waals surface area (Å²) in [6.07, 6.45) is 1.12. The van der Waals surface area contributed by atoms with Gasteiger partial charge in [-0.25, -0.2) is 0 Å². The third-order valence-electron chi connectivity index (χ3n) is 4.42. The molecule has 2 rings (SSSR count). The Morgan fingerprint density at radius 1 is 1.42 bits per heavy atom. The molecule has 2 amide bonds. The van der Waals surface area contributed by atoms with E-state index in [4.69, 9.17) is 5.73 Å². The molecular formula is C16H19N3O6S. The highest BCUT2D eigenvalue weighted by atomic mass is 32.2. The highest BCUT2D eigenvalue weighted by Crippen LogP contribution is 2.31. The van der Waals surface area contributed by atoms with E-state index in [1.807, 2.05) is 0 Å². The molecule has 140 valence electrons. The van der Waals surface area contributed by atoms with E-state index < -0.39 is 28.8 Å². The Labute approximate surface area is 153 Å². The number of carboxylic acid groups (broad SMARTS) is 1. The monoisotopic (exact) mass is 381 g/mol.